The Kier molecular flexibility index (Phi) is 4.99. The minimum absolute atomic E-state index is 0.196. The number of hydrogen-bond donors (Lipinski definition) is 1. The van der Waals surface area contributed by atoms with Crippen LogP contribution >= 0.6 is 11.6 Å². The van der Waals surface area contributed by atoms with E-state index in [0.717, 1.165) is 29.8 Å². The molecule has 2 aromatic carbocycles. The van der Waals surface area contributed by atoms with Gasteiger partial charge in [0.2, 0.25) is 0 Å². The molecule has 142 valence electrons. The molecule has 1 N–H and O–H groups in total. The van der Waals surface area contributed by atoms with Crippen LogP contribution in [0, 0.1) is 0 Å². The van der Waals surface area contributed by atoms with Crippen LogP contribution < -0.4 is 19.1 Å². The Bertz CT molecular complexity index is 852. The fraction of sp³-hybridized carbons (Fsp3) is 0.350. The van der Waals surface area contributed by atoms with Crippen LogP contribution in [0.3, 0.4) is 0 Å². The van der Waals surface area contributed by atoms with E-state index in [9.17, 15) is 4.79 Å². The second-order valence-corrected chi connectivity index (χ2v) is 7.10. The van der Waals surface area contributed by atoms with Crippen LogP contribution in [0.4, 0.5) is 10.5 Å². The zero-order valence-corrected chi connectivity index (χ0v) is 15.4. The first kappa shape index (κ1) is 17.8. The van der Waals surface area contributed by atoms with Crippen molar-refractivity contribution < 1.29 is 24.1 Å². The number of fused-ring (bicyclic) bond motifs is 1. The standard InChI is InChI=1S/C20H20ClNO5/c21-14-7-8-17(26-15-3-1-4-15)13(11-14)12-22-9-10-25-19-16(22)5-2-6-18(19)27-20(23)24/h2,5-8,11,15H,1,3-4,9-10,12H2,(H,23,24). The third kappa shape index (κ3) is 3.90. The van der Waals surface area contributed by atoms with Gasteiger partial charge in [-0.1, -0.05) is 17.7 Å². The van der Waals surface area contributed by atoms with Gasteiger partial charge >= 0.3 is 6.16 Å². The Labute approximate surface area is 162 Å². The van der Waals surface area contributed by atoms with E-state index in [1.807, 2.05) is 24.3 Å². The minimum atomic E-state index is -1.37. The number of carboxylic acid groups (broad SMARTS) is 1. The van der Waals surface area contributed by atoms with Crippen molar-refractivity contribution in [2.75, 3.05) is 18.1 Å². The van der Waals surface area contributed by atoms with Gasteiger partial charge in [0.1, 0.15) is 12.4 Å². The number of ether oxygens (including phenoxy) is 3. The third-order valence-electron chi connectivity index (χ3n) is 4.83. The summed E-state index contributed by atoms with van der Waals surface area (Å²) in [7, 11) is 0. The molecule has 0 unspecified atom stereocenters. The molecule has 2 aromatic rings. The molecule has 1 aliphatic heterocycles. The summed E-state index contributed by atoms with van der Waals surface area (Å²) in [6, 6.07) is 10.9. The minimum Gasteiger partial charge on any atom is -0.490 e. The third-order valence-corrected chi connectivity index (χ3v) is 5.07. The van der Waals surface area contributed by atoms with Gasteiger partial charge in [-0.05, 0) is 49.6 Å². The maximum Gasteiger partial charge on any atom is 0.511 e. The fourth-order valence-corrected chi connectivity index (χ4v) is 3.47. The molecule has 0 aromatic heterocycles. The lowest BCUT2D eigenvalue weighted by molar-refractivity contribution is 0.119. The maximum atomic E-state index is 10.9. The van der Waals surface area contributed by atoms with Gasteiger partial charge in [-0.3, -0.25) is 0 Å². The Morgan fingerprint density at radius 2 is 2.11 bits per heavy atom. The first-order valence-corrected chi connectivity index (χ1v) is 9.34. The van der Waals surface area contributed by atoms with Crippen molar-refractivity contribution in [3.63, 3.8) is 0 Å². The van der Waals surface area contributed by atoms with Crippen LogP contribution in [-0.2, 0) is 6.54 Å². The van der Waals surface area contributed by atoms with E-state index in [0.29, 0.717) is 30.5 Å². The summed E-state index contributed by atoms with van der Waals surface area (Å²) in [4.78, 5) is 13.0. The topological polar surface area (TPSA) is 68.2 Å². The normalized spacial score (nSPS) is 16.1. The number of anilines is 1. The molecule has 0 atom stereocenters. The molecule has 6 nitrogen and oxygen atoms in total. The van der Waals surface area contributed by atoms with Gasteiger partial charge in [0.05, 0.1) is 18.3 Å². The van der Waals surface area contributed by atoms with E-state index in [4.69, 9.17) is 30.9 Å². The average molecular weight is 390 g/mol. The lowest BCUT2D eigenvalue weighted by Crippen LogP contribution is -2.33. The molecular formula is C20H20ClNO5. The molecule has 1 heterocycles. The van der Waals surface area contributed by atoms with Crippen molar-refractivity contribution >= 4 is 23.4 Å². The summed E-state index contributed by atoms with van der Waals surface area (Å²) in [6.45, 7) is 1.68. The van der Waals surface area contributed by atoms with E-state index < -0.39 is 6.16 Å². The largest absolute Gasteiger partial charge is 0.511 e. The molecule has 1 fully saturated rings. The molecule has 7 heteroatoms. The first-order chi connectivity index (χ1) is 13.1. The van der Waals surface area contributed by atoms with Crippen LogP contribution in [0.25, 0.3) is 0 Å². The number of benzene rings is 2. The molecule has 0 radical (unpaired) electrons. The summed E-state index contributed by atoms with van der Waals surface area (Å²) >= 11 is 6.22. The second-order valence-electron chi connectivity index (χ2n) is 6.67. The predicted octanol–water partition coefficient (Wildman–Crippen LogP) is 4.73. The maximum absolute atomic E-state index is 10.9. The van der Waals surface area contributed by atoms with Crippen LogP contribution in [0.5, 0.6) is 17.2 Å². The van der Waals surface area contributed by atoms with Gasteiger partial charge in [0, 0.05) is 17.1 Å². The molecule has 0 saturated heterocycles. The first-order valence-electron chi connectivity index (χ1n) is 8.97. The zero-order chi connectivity index (χ0) is 18.8. The Morgan fingerprint density at radius 1 is 1.26 bits per heavy atom. The van der Waals surface area contributed by atoms with E-state index in [1.54, 1.807) is 12.1 Å². The lowest BCUT2D eigenvalue weighted by atomic mass is 9.96. The van der Waals surface area contributed by atoms with Crippen LogP contribution in [-0.4, -0.2) is 30.5 Å². The van der Waals surface area contributed by atoms with E-state index in [2.05, 4.69) is 4.90 Å². The molecule has 1 aliphatic carbocycles. The number of halogens is 1. The Hall–Kier alpha value is -2.60. The number of rotatable bonds is 5. The summed E-state index contributed by atoms with van der Waals surface area (Å²) in [5.74, 6) is 1.48. The van der Waals surface area contributed by atoms with Crippen molar-refractivity contribution in [1.29, 1.82) is 0 Å². The Morgan fingerprint density at radius 3 is 2.85 bits per heavy atom. The van der Waals surface area contributed by atoms with Crippen molar-refractivity contribution in [1.82, 2.24) is 0 Å². The number of hydrogen-bond acceptors (Lipinski definition) is 5. The van der Waals surface area contributed by atoms with E-state index in [-0.39, 0.29) is 11.9 Å². The van der Waals surface area contributed by atoms with Crippen LogP contribution in [0.15, 0.2) is 36.4 Å². The zero-order valence-electron chi connectivity index (χ0n) is 14.7. The fourth-order valence-electron chi connectivity index (χ4n) is 3.28. The second kappa shape index (κ2) is 7.56. The quantitative estimate of drug-likeness (QED) is 0.589. The molecule has 0 spiro atoms. The highest BCUT2D eigenvalue weighted by atomic mass is 35.5. The molecule has 2 aliphatic rings. The van der Waals surface area contributed by atoms with Crippen molar-refractivity contribution in [2.45, 2.75) is 31.9 Å². The van der Waals surface area contributed by atoms with Crippen molar-refractivity contribution in [3.05, 3.63) is 47.0 Å². The molecule has 4 rings (SSSR count). The average Bonchev–Trinajstić information content (AvgIpc) is 2.60. The van der Waals surface area contributed by atoms with Crippen molar-refractivity contribution in [2.24, 2.45) is 0 Å². The molecule has 1 saturated carbocycles. The molecular weight excluding hydrogens is 370 g/mol. The molecule has 0 amide bonds. The number of para-hydroxylation sites is 1. The number of nitrogens with zero attached hydrogens (tertiary/aromatic N) is 1. The summed E-state index contributed by atoms with van der Waals surface area (Å²) in [6.07, 6.45) is 2.28. The summed E-state index contributed by atoms with van der Waals surface area (Å²) in [5.41, 5.74) is 1.78. The monoisotopic (exact) mass is 389 g/mol. The van der Waals surface area contributed by atoms with Gasteiger partial charge in [0.15, 0.2) is 11.5 Å². The SMILES string of the molecule is O=C(O)Oc1cccc2c1OCCN2Cc1cc(Cl)ccc1OC1CCC1. The van der Waals surface area contributed by atoms with E-state index >= 15 is 0 Å². The predicted molar refractivity (Wildman–Crippen MR) is 101 cm³/mol. The lowest BCUT2D eigenvalue weighted by Gasteiger charge is -2.33. The van der Waals surface area contributed by atoms with Gasteiger partial charge in [-0.15, -0.1) is 0 Å². The highest BCUT2D eigenvalue weighted by molar-refractivity contribution is 6.30. The highest BCUT2D eigenvalue weighted by Crippen LogP contribution is 2.41. The molecule has 27 heavy (non-hydrogen) atoms. The van der Waals surface area contributed by atoms with Crippen LogP contribution in [0.2, 0.25) is 5.02 Å². The number of carbonyl (C=O) groups is 1. The highest BCUT2D eigenvalue weighted by Gasteiger charge is 2.25. The van der Waals surface area contributed by atoms with Gasteiger partial charge in [-0.2, -0.15) is 0 Å². The van der Waals surface area contributed by atoms with Crippen molar-refractivity contribution in [3.8, 4) is 17.2 Å². The van der Waals surface area contributed by atoms with Gasteiger partial charge in [0.25, 0.3) is 0 Å². The Balaban J connectivity index is 1.61. The van der Waals surface area contributed by atoms with Gasteiger partial charge < -0.3 is 24.2 Å². The smallest absolute Gasteiger partial charge is 0.490 e. The summed E-state index contributed by atoms with van der Waals surface area (Å²) < 4.78 is 16.7. The van der Waals surface area contributed by atoms with Gasteiger partial charge in [-0.25, -0.2) is 4.79 Å². The van der Waals surface area contributed by atoms with Crippen LogP contribution in [0.1, 0.15) is 24.8 Å². The van der Waals surface area contributed by atoms with E-state index in [1.165, 1.54) is 6.42 Å². The molecule has 0 bridgehead atoms. The summed E-state index contributed by atoms with van der Waals surface area (Å²) in [5, 5.41) is 9.58.